The molecule has 2 heterocycles. The van der Waals surface area contributed by atoms with Crippen LogP contribution in [0.3, 0.4) is 0 Å². The molecule has 0 aliphatic carbocycles. The van der Waals surface area contributed by atoms with Gasteiger partial charge in [-0.1, -0.05) is 26.0 Å². The topological polar surface area (TPSA) is 80.8 Å². The summed E-state index contributed by atoms with van der Waals surface area (Å²) in [6.07, 6.45) is 4.38. The molecule has 1 atom stereocenters. The molecule has 2 fully saturated rings. The monoisotopic (exact) mass is 541 g/mol. The Hall–Kier alpha value is -1.10. The second-order valence-electron chi connectivity index (χ2n) is 7.96. The molecular weight excluding hydrogens is 511 g/mol. The van der Waals surface area contributed by atoms with Gasteiger partial charge in [-0.2, -0.15) is 11.8 Å². The molecule has 6 nitrogen and oxygen atoms in total. The van der Waals surface area contributed by atoms with Gasteiger partial charge in [0.15, 0.2) is 5.78 Å². The van der Waals surface area contributed by atoms with Gasteiger partial charge in [0.05, 0.1) is 10.8 Å². The van der Waals surface area contributed by atoms with E-state index >= 15 is 0 Å². The third-order valence-corrected chi connectivity index (χ3v) is 12.8. The zero-order chi connectivity index (χ0) is 24.6. The number of imide groups is 1. The zero-order valence-electron chi connectivity index (χ0n) is 19.6. The fourth-order valence-electron chi connectivity index (χ4n) is 3.59. The number of hydroxylamine groups is 2. The van der Waals surface area contributed by atoms with E-state index in [-0.39, 0.29) is 29.4 Å². The van der Waals surface area contributed by atoms with Crippen LogP contribution < -0.4 is 0 Å². The molecule has 0 aromatic heterocycles. The summed E-state index contributed by atoms with van der Waals surface area (Å²) < 4.78 is 0.307. The van der Waals surface area contributed by atoms with Gasteiger partial charge in [-0.05, 0) is 60.8 Å². The van der Waals surface area contributed by atoms with Crippen LogP contribution in [0.4, 0.5) is 0 Å². The smallest absolute Gasteiger partial charge is 0.325 e. The van der Waals surface area contributed by atoms with E-state index in [0.717, 1.165) is 24.3 Å². The molecule has 0 saturated carbocycles. The molecule has 0 N–H and O–H groups in total. The fourth-order valence-corrected chi connectivity index (χ4v) is 9.98. The Morgan fingerprint density at radius 2 is 1.65 bits per heavy atom. The van der Waals surface area contributed by atoms with E-state index in [1.165, 1.54) is 36.5 Å². The lowest BCUT2D eigenvalue weighted by Gasteiger charge is -2.34. The summed E-state index contributed by atoms with van der Waals surface area (Å²) in [5.41, 5.74) is 0.726. The molecule has 0 bridgehead atoms. The Labute approximate surface area is 218 Å². The summed E-state index contributed by atoms with van der Waals surface area (Å²) >= 11 is 7.94. The van der Waals surface area contributed by atoms with Gasteiger partial charge in [-0.25, -0.2) is 4.79 Å². The van der Waals surface area contributed by atoms with E-state index in [1.807, 2.05) is 6.92 Å². The number of hydrogen-bond acceptors (Lipinski definition) is 9. The van der Waals surface area contributed by atoms with E-state index in [1.54, 1.807) is 23.9 Å². The maximum atomic E-state index is 13.0. The van der Waals surface area contributed by atoms with Crippen LogP contribution in [-0.4, -0.2) is 60.3 Å². The average molecular weight is 542 g/mol. The van der Waals surface area contributed by atoms with Crippen LogP contribution >= 0.6 is 47.0 Å². The van der Waals surface area contributed by atoms with Crippen LogP contribution in [0.15, 0.2) is 24.3 Å². The first-order valence-corrected chi connectivity index (χ1v) is 15.7. The van der Waals surface area contributed by atoms with Gasteiger partial charge in [0.2, 0.25) is 0 Å². The van der Waals surface area contributed by atoms with Crippen molar-refractivity contribution >= 4 is 70.6 Å². The molecular formula is C24H31NO5S4. The molecule has 1 aromatic rings. The Kier molecular flexibility index (Phi) is 10.7. The highest BCUT2D eigenvalue weighted by Gasteiger charge is 2.33. The minimum atomic E-state index is -0.791. The highest BCUT2D eigenvalue weighted by Crippen LogP contribution is 2.52. The molecule has 34 heavy (non-hydrogen) atoms. The van der Waals surface area contributed by atoms with Gasteiger partial charge in [0.25, 0.3) is 11.8 Å². The summed E-state index contributed by atoms with van der Waals surface area (Å²) in [5, 5.41) is 0.401. The quantitative estimate of drug-likeness (QED) is 0.189. The number of rotatable bonds is 12. The Morgan fingerprint density at radius 3 is 2.24 bits per heavy atom. The van der Waals surface area contributed by atoms with Gasteiger partial charge in [-0.3, -0.25) is 14.4 Å². The van der Waals surface area contributed by atoms with Gasteiger partial charge >= 0.3 is 5.97 Å². The van der Waals surface area contributed by atoms with Crippen LogP contribution in [-0.2, 0) is 14.4 Å². The predicted molar refractivity (Wildman–Crippen MR) is 143 cm³/mol. The van der Waals surface area contributed by atoms with E-state index in [0.29, 0.717) is 14.0 Å². The minimum Gasteiger partial charge on any atom is -0.325 e. The molecule has 3 rings (SSSR count). The third-order valence-electron chi connectivity index (χ3n) is 5.54. The number of benzene rings is 1. The Bertz CT molecular complexity index is 870. The van der Waals surface area contributed by atoms with Crippen molar-refractivity contribution in [2.75, 3.05) is 23.0 Å². The fraction of sp³-hybridized carbons (Fsp3) is 0.583. The first-order valence-electron chi connectivity index (χ1n) is 11.6. The van der Waals surface area contributed by atoms with Crippen LogP contribution in [0.25, 0.3) is 0 Å². The largest absolute Gasteiger partial charge is 0.363 e. The van der Waals surface area contributed by atoms with Crippen molar-refractivity contribution in [2.45, 2.75) is 61.0 Å². The van der Waals surface area contributed by atoms with Crippen molar-refractivity contribution in [2.24, 2.45) is 0 Å². The summed E-state index contributed by atoms with van der Waals surface area (Å²) in [7, 11) is 0. The van der Waals surface area contributed by atoms with Crippen LogP contribution in [0.2, 0.25) is 0 Å². The number of Topliss-reactive ketones (excluding diaryl/α,β-unsaturated/α-hetero) is 1. The molecule has 0 spiro atoms. The highest BCUT2D eigenvalue weighted by molar-refractivity contribution is 8.34. The van der Waals surface area contributed by atoms with E-state index in [9.17, 15) is 19.2 Å². The maximum absolute atomic E-state index is 13.0. The van der Waals surface area contributed by atoms with E-state index < -0.39 is 17.8 Å². The highest BCUT2D eigenvalue weighted by atomic mass is 32.3. The van der Waals surface area contributed by atoms with Gasteiger partial charge in [0.1, 0.15) is 3.41 Å². The Morgan fingerprint density at radius 1 is 1.03 bits per heavy atom. The number of hydrogen-bond donors (Lipinski definition) is 0. The SMILES string of the molecule is CCC(SCCCSC1(CC)SCCCS1)C(=O)c1ccc(C(=O)ON2C(=O)CCC2=O)cc1. The standard InChI is InChI=1S/C24H31NO5S4/c1-3-19(31-13-5-14-32-24(4-2)33-15-6-16-34-24)22(28)17-7-9-18(10-8-17)23(29)30-25-20(26)11-12-21(25)27/h7-10,19H,3-6,11-16H2,1-2H3. The maximum Gasteiger partial charge on any atom is 0.363 e. The summed E-state index contributed by atoms with van der Waals surface area (Å²) in [6, 6.07) is 6.21. The first-order chi connectivity index (χ1) is 16.4. The number of carbonyl (C=O) groups is 4. The number of thioether (sulfide) groups is 4. The normalized spacial score (nSPS) is 18.7. The number of nitrogens with zero attached hydrogens (tertiary/aromatic N) is 1. The van der Waals surface area contributed by atoms with Crippen molar-refractivity contribution in [3.63, 3.8) is 0 Å². The molecule has 1 unspecified atom stereocenters. The molecule has 2 aliphatic heterocycles. The van der Waals surface area contributed by atoms with Crippen molar-refractivity contribution in [1.29, 1.82) is 0 Å². The first kappa shape index (κ1) is 27.5. The van der Waals surface area contributed by atoms with Crippen molar-refractivity contribution in [3.05, 3.63) is 35.4 Å². The van der Waals surface area contributed by atoms with Crippen LogP contribution in [0.1, 0.15) is 73.1 Å². The molecule has 2 amide bonds. The Balaban J connectivity index is 1.46. The van der Waals surface area contributed by atoms with Crippen LogP contribution in [0, 0.1) is 0 Å². The van der Waals surface area contributed by atoms with Crippen LogP contribution in [0.5, 0.6) is 0 Å². The zero-order valence-corrected chi connectivity index (χ0v) is 22.8. The summed E-state index contributed by atoms with van der Waals surface area (Å²) in [4.78, 5) is 53.4. The third kappa shape index (κ3) is 7.21. The second-order valence-corrected chi connectivity index (χ2v) is 14.2. The van der Waals surface area contributed by atoms with Crippen molar-refractivity contribution in [3.8, 4) is 0 Å². The van der Waals surface area contributed by atoms with E-state index in [2.05, 4.69) is 42.2 Å². The number of ketones is 1. The molecule has 0 radical (unpaired) electrons. The number of amides is 2. The summed E-state index contributed by atoms with van der Waals surface area (Å²) in [6.45, 7) is 4.29. The lowest BCUT2D eigenvalue weighted by atomic mass is 10.0. The van der Waals surface area contributed by atoms with Crippen molar-refractivity contribution in [1.82, 2.24) is 5.06 Å². The number of carbonyl (C=O) groups excluding carboxylic acids is 4. The molecule has 2 aliphatic rings. The molecule has 10 heteroatoms. The van der Waals surface area contributed by atoms with Gasteiger partial charge in [0, 0.05) is 18.4 Å². The summed E-state index contributed by atoms with van der Waals surface area (Å²) in [5.74, 6) is 2.76. The molecule has 2 saturated heterocycles. The molecule has 186 valence electrons. The minimum absolute atomic E-state index is 0.0473. The van der Waals surface area contributed by atoms with Crippen molar-refractivity contribution < 1.29 is 24.0 Å². The van der Waals surface area contributed by atoms with E-state index in [4.69, 9.17) is 4.84 Å². The molecule has 1 aromatic carbocycles. The van der Waals surface area contributed by atoms with Gasteiger partial charge in [-0.15, -0.1) is 40.3 Å². The second kappa shape index (κ2) is 13.3. The lowest BCUT2D eigenvalue weighted by Crippen LogP contribution is -2.32. The van der Waals surface area contributed by atoms with Gasteiger partial charge < -0.3 is 4.84 Å². The average Bonchev–Trinajstić information content (AvgIpc) is 3.18. The lowest BCUT2D eigenvalue weighted by molar-refractivity contribution is -0.172. The predicted octanol–water partition coefficient (Wildman–Crippen LogP) is 5.66.